The molecule has 8 heteroatoms. The summed E-state index contributed by atoms with van der Waals surface area (Å²) in [6.45, 7) is 6.68. The number of hydrogen-bond donors (Lipinski definition) is 1. The molecule has 1 fully saturated rings. The second-order valence-corrected chi connectivity index (χ2v) is 6.54. The fourth-order valence-electron chi connectivity index (χ4n) is 2.98. The van der Waals surface area contributed by atoms with Crippen molar-refractivity contribution in [2.24, 2.45) is 0 Å². The van der Waals surface area contributed by atoms with Gasteiger partial charge in [-0.2, -0.15) is 0 Å². The minimum atomic E-state index is -0.298. The van der Waals surface area contributed by atoms with Crippen LogP contribution >= 0.6 is 0 Å². The van der Waals surface area contributed by atoms with Crippen LogP contribution in [0.25, 0.3) is 0 Å². The summed E-state index contributed by atoms with van der Waals surface area (Å²) < 4.78 is 5.04. The highest BCUT2D eigenvalue weighted by Crippen LogP contribution is 2.14. The van der Waals surface area contributed by atoms with E-state index in [0.29, 0.717) is 51.0 Å². The molecule has 28 heavy (non-hydrogen) atoms. The van der Waals surface area contributed by atoms with Crippen molar-refractivity contribution in [3.05, 3.63) is 53.3 Å². The van der Waals surface area contributed by atoms with Gasteiger partial charge in [-0.05, 0) is 25.5 Å². The molecule has 2 heterocycles. The first-order valence-corrected chi connectivity index (χ1v) is 9.41. The Morgan fingerprint density at radius 1 is 1.11 bits per heavy atom. The minimum absolute atomic E-state index is 0.235. The van der Waals surface area contributed by atoms with E-state index in [1.807, 2.05) is 42.2 Å². The van der Waals surface area contributed by atoms with E-state index < -0.39 is 0 Å². The van der Waals surface area contributed by atoms with Crippen LogP contribution in [0.2, 0.25) is 0 Å². The molecule has 1 N–H and O–H groups in total. The number of amides is 2. The van der Waals surface area contributed by atoms with Gasteiger partial charge in [-0.15, -0.1) is 0 Å². The van der Waals surface area contributed by atoms with Crippen LogP contribution in [0.3, 0.4) is 0 Å². The number of carbonyl (C=O) groups excluding carboxylic acids is 2. The van der Waals surface area contributed by atoms with Crippen LogP contribution < -0.4 is 10.2 Å². The molecule has 0 aliphatic carbocycles. The van der Waals surface area contributed by atoms with Crippen LogP contribution in [0.15, 0.2) is 36.4 Å². The third-order valence-electron chi connectivity index (χ3n) is 4.46. The summed E-state index contributed by atoms with van der Waals surface area (Å²) in [5, 5.41) is 2.89. The molecular weight excluding hydrogens is 358 g/mol. The third-order valence-corrected chi connectivity index (χ3v) is 4.46. The topological polar surface area (TPSA) is 87.7 Å². The maximum atomic E-state index is 12.5. The van der Waals surface area contributed by atoms with Crippen molar-refractivity contribution >= 4 is 17.9 Å². The summed E-state index contributed by atoms with van der Waals surface area (Å²) in [4.78, 5) is 36.9. The maximum absolute atomic E-state index is 12.5. The number of aromatic nitrogens is 2. The lowest BCUT2D eigenvalue weighted by Gasteiger charge is -2.34. The molecule has 1 aromatic heterocycles. The monoisotopic (exact) mass is 383 g/mol. The highest BCUT2D eigenvalue weighted by atomic mass is 16.6. The van der Waals surface area contributed by atoms with Crippen LogP contribution in [0.4, 0.5) is 10.7 Å². The molecule has 1 aliphatic rings. The van der Waals surface area contributed by atoms with E-state index >= 15 is 0 Å². The van der Waals surface area contributed by atoms with Gasteiger partial charge in [-0.25, -0.2) is 14.8 Å². The number of hydrogen-bond acceptors (Lipinski definition) is 6. The van der Waals surface area contributed by atoms with Crippen LogP contribution in [0.1, 0.15) is 28.7 Å². The zero-order chi connectivity index (χ0) is 19.9. The third kappa shape index (κ3) is 4.97. The number of aryl methyl sites for hydroxylation is 1. The predicted octanol–water partition coefficient (Wildman–Crippen LogP) is 1.99. The predicted molar refractivity (Wildman–Crippen MR) is 105 cm³/mol. The molecule has 0 unspecified atom stereocenters. The molecule has 0 spiro atoms. The van der Waals surface area contributed by atoms with Crippen LogP contribution in [0.5, 0.6) is 0 Å². The zero-order valence-electron chi connectivity index (χ0n) is 16.2. The summed E-state index contributed by atoms with van der Waals surface area (Å²) in [7, 11) is 0. The second-order valence-electron chi connectivity index (χ2n) is 6.54. The molecule has 8 nitrogen and oxygen atoms in total. The average molecular weight is 383 g/mol. The number of nitrogens with zero attached hydrogens (tertiary/aromatic N) is 4. The Labute approximate surface area is 164 Å². The molecule has 1 aliphatic heterocycles. The summed E-state index contributed by atoms with van der Waals surface area (Å²) in [5.41, 5.74) is 2.09. The Morgan fingerprint density at radius 2 is 1.82 bits per heavy atom. The van der Waals surface area contributed by atoms with Gasteiger partial charge >= 0.3 is 6.09 Å². The van der Waals surface area contributed by atoms with Gasteiger partial charge < -0.3 is 19.9 Å². The van der Waals surface area contributed by atoms with Gasteiger partial charge in [0.25, 0.3) is 5.91 Å². The molecular formula is C20H25N5O3. The van der Waals surface area contributed by atoms with Crippen molar-refractivity contribution in [1.82, 2.24) is 20.2 Å². The number of benzene rings is 1. The van der Waals surface area contributed by atoms with Gasteiger partial charge in [0.05, 0.1) is 6.61 Å². The lowest BCUT2D eigenvalue weighted by atomic mass is 10.2. The fraction of sp³-hybridized carbons (Fsp3) is 0.400. The smallest absolute Gasteiger partial charge is 0.409 e. The molecule has 0 bridgehead atoms. The maximum Gasteiger partial charge on any atom is 0.409 e. The Bertz CT molecular complexity index is 820. The van der Waals surface area contributed by atoms with E-state index in [4.69, 9.17) is 4.74 Å². The largest absolute Gasteiger partial charge is 0.450 e. The first-order chi connectivity index (χ1) is 13.6. The van der Waals surface area contributed by atoms with Crippen molar-refractivity contribution in [1.29, 1.82) is 0 Å². The van der Waals surface area contributed by atoms with E-state index in [1.54, 1.807) is 17.9 Å². The summed E-state index contributed by atoms with van der Waals surface area (Å²) >= 11 is 0. The van der Waals surface area contributed by atoms with Gasteiger partial charge in [-0.3, -0.25) is 4.79 Å². The lowest BCUT2D eigenvalue weighted by Crippen LogP contribution is -2.49. The van der Waals surface area contributed by atoms with Gasteiger partial charge in [0, 0.05) is 38.4 Å². The molecule has 0 atom stereocenters. The molecule has 0 saturated carbocycles. The van der Waals surface area contributed by atoms with Crippen molar-refractivity contribution in [2.75, 3.05) is 37.7 Å². The normalized spacial score (nSPS) is 13.9. The molecule has 1 saturated heterocycles. The van der Waals surface area contributed by atoms with E-state index in [0.717, 1.165) is 11.3 Å². The first-order valence-electron chi connectivity index (χ1n) is 9.41. The van der Waals surface area contributed by atoms with Gasteiger partial charge in [0.1, 0.15) is 5.69 Å². The van der Waals surface area contributed by atoms with Gasteiger partial charge in [0.15, 0.2) is 0 Å². The number of anilines is 1. The fourth-order valence-corrected chi connectivity index (χ4v) is 2.98. The van der Waals surface area contributed by atoms with Crippen molar-refractivity contribution in [3.8, 4) is 0 Å². The van der Waals surface area contributed by atoms with Crippen molar-refractivity contribution in [2.45, 2.75) is 20.4 Å². The average Bonchev–Trinajstić information content (AvgIpc) is 2.72. The number of ether oxygens (including phenoxy) is 1. The Balaban J connectivity index is 1.63. The van der Waals surface area contributed by atoms with Gasteiger partial charge in [-0.1, -0.05) is 30.3 Å². The highest BCUT2D eigenvalue weighted by molar-refractivity contribution is 5.92. The van der Waals surface area contributed by atoms with Crippen LogP contribution in [-0.4, -0.2) is 59.7 Å². The standard InChI is InChI=1S/C20H25N5O3/c1-3-28-20(27)25-11-9-24(10-12-25)19-22-15(2)13-17(23-19)18(26)21-14-16-7-5-4-6-8-16/h4-8,13H,3,9-12,14H2,1-2H3,(H,21,26). The van der Waals surface area contributed by atoms with E-state index in [1.165, 1.54) is 0 Å². The Morgan fingerprint density at radius 3 is 2.50 bits per heavy atom. The number of rotatable bonds is 5. The second kappa shape index (κ2) is 9.16. The van der Waals surface area contributed by atoms with E-state index in [-0.39, 0.29) is 12.0 Å². The first kappa shape index (κ1) is 19.6. The molecule has 0 radical (unpaired) electrons. The van der Waals surface area contributed by atoms with Gasteiger partial charge in [0.2, 0.25) is 5.95 Å². The molecule has 148 valence electrons. The Kier molecular flexibility index (Phi) is 6.41. The lowest BCUT2D eigenvalue weighted by molar-refractivity contribution is 0.0945. The SMILES string of the molecule is CCOC(=O)N1CCN(c2nc(C)cc(C(=O)NCc3ccccc3)n2)CC1. The van der Waals surface area contributed by atoms with Crippen molar-refractivity contribution in [3.63, 3.8) is 0 Å². The summed E-state index contributed by atoms with van der Waals surface area (Å²) in [5.74, 6) is 0.272. The molecule has 2 aromatic rings. The van der Waals surface area contributed by atoms with E-state index in [2.05, 4.69) is 15.3 Å². The number of piperazine rings is 1. The summed E-state index contributed by atoms with van der Waals surface area (Å²) in [6.07, 6.45) is -0.298. The van der Waals surface area contributed by atoms with Crippen LogP contribution in [-0.2, 0) is 11.3 Å². The summed E-state index contributed by atoms with van der Waals surface area (Å²) in [6, 6.07) is 11.4. The quantitative estimate of drug-likeness (QED) is 0.850. The minimum Gasteiger partial charge on any atom is -0.450 e. The zero-order valence-corrected chi connectivity index (χ0v) is 16.2. The Hall–Kier alpha value is -3.16. The van der Waals surface area contributed by atoms with Crippen LogP contribution in [0, 0.1) is 6.92 Å². The van der Waals surface area contributed by atoms with E-state index in [9.17, 15) is 9.59 Å². The number of nitrogens with one attached hydrogen (secondary N) is 1. The highest BCUT2D eigenvalue weighted by Gasteiger charge is 2.24. The number of carbonyl (C=O) groups is 2. The molecule has 2 amide bonds. The van der Waals surface area contributed by atoms with Crippen molar-refractivity contribution < 1.29 is 14.3 Å². The molecule has 1 aromatic carbocycles. The molecule has 3 rings (SSSR count).